The summed E-state index contributed by atoms with van der Waals surface area (Å²) in [6.07, 6.45) is 3.72. The molecule has 6 nitrogen and oxygen atoms in total. The zero-order chi connectivity index (χ0) is 27.9. The normalized spacial score (nSPS) is 18.9. The average Bonchev–Trinajstić information content (AvgIpc) is 2.90. The molecule has 0 spiro atoms. The number of barbiturate groups is 1. The number of para-hydroxylation sites is 2. The van der Waals surface area contributed by atoms with Crippen LogP contribution in [-0.2, 0) is 9.59 Å². The van der Waals surface area contributed by atoms with Crippen LogP contribution in [0.5, 0.6) is 0 Å². The fraction of sp³-hybridized carbons (Fsp3) is 0.303. The van der Waals surface area contributed by atoms with Crippen LogP contribution in [-0.4, -0.2) is 29.9 Å². The van der Waals surface area contributed by atoms with Gasteiger partial charge in [0.05, 0.1) is 11.4 Å². The van der Waals surface area contributed by atoms with E-state index in [-0.39, 0.29) is 11.1 Å². The molecule has 5 rings (SSSR count). The monoisotopic (exact) mass is 521 g/mol. The highest BCUT2D eigenvalue weighted by Gasteiger charge is 2.44. The van der Waals surface area contributed by atoms with Crippen molar-refractivity contribution >= 4 is 41.0 Å². The number of nitrogens with zero attached hydrogens (tertiary/aromatic N) is 3. The Labute approximate surface area is 230 Å². The summed E-state index contributed by atoms with van der Waals surface area (Å²) >= 11 is 0. The van der Waals surface area contributed by atoms with Crippen molar-refractivity contribution in [3.63, 3.8) is 0 Å². The lowest BCUT2D eigenvalue weighted by Gasteiger charge is -2.48. The lowest BCUT2D eigenvalue weighted by atomic mass is 9.78. The number of amides is 4. The molecule has 2 heterocycles. The number of hydrogen-bond acceptors (Lipinski definition) is 4. The number of urea groups is 1. The summed E-state index contributed by atoms with van der Waals surface area (Å²) in [6.45, 7) is 12.0. The van der Waals surface area contributed by atoms with E-state index in [1.165, 1.54) is 11.3 Å². The quantitative estimate of drug-likeness (QED) is 0.266. The number of benzene rings is 3. The Morgan fingerprint density at radius 3 is 1.92 bits per heavy atom. The molecule has 0 N–H and O–H groups in total. The first-order valence-electron chi connectivity index (χ1n) is 13.6. The van der Waals surface area contributed by atoms with Gasteiger partial charge in [0, 0.05) is 17.8 Å². The molecule has 3 aromatic carbocycles. The number of carbonyl (C=O) groups is 3. The van der Waals surface area contributed by atoms with Gasteiger partial charge >= 0.3 is 6.03 Å². The maximum Gasteiger partial charge on any atom is 0.343 e. The SMILES string of the molecule is CCCN1c2cc(C)c(C=C3C(=O)N(c4ccccc4)C(=O)N(c4ccccc4)C3=O)cc2C(C)CC1(C)C. The van der Waals surface area contributed by atoms with Crippen LogP contribution in [0.3, 0.4) is 0 Å². The summed E-state index contributed by atoms with van der Waals surface area (Å²) < 4.78 is 0. The molecule has 200 valence electrons. The second kappa shape index (κ2) is 10.2. The highest BCUT2D eigenvalue weighted by Crippen LogP contribution is 2.45. The molecule has 2 aliphatic rings. The van der Waals surface area contributed by atoms with Gasteiger partial charge in [-0.25, -0.2) is 14.6 Å². The minimum absolute atomic E-state index is 0.0386. The first-order valence-corrected chi connectivity index (χ1v) is 13.6. The zero-order valence-electron chi connectivity index (χ0n) is 23.3. The molecule has 0 saturated carbocycles. The molecule has 3 aromatic rings. The second-order valence-corrected chi connectivity index (χ2v) is 11.1. The van der Waals surface area contributed by atoms with Gasteiger partial charge in [0.25, 0.3) is 11.8 Å². The minimum Gasteiger partial charge on any atom is -0.366 e. The summed E-state index contributed by atoms with van der Waals surface area (Å²) in [7, 11) is 0. The summed E-state index contributed by atoms with van der Waals surface area (Å²) in [5.41, 5.74) is 5.04. The molecule has 0 bridgehead atoms. The molecule has 4 amide bonds. The lowest BCUT2D eigenvalue weighted by molar-refractivity contribution is -0.121. The third-order valence-corrected chi connectivity index (χ3v) is 7.80. The van der Waals surface area contributed by atoms with Crippen LogP contribution in [0.25, 0.3) is 6.08 Å². The van der Waals surface area contributed by atoms with E-state index < -0.39 is 17.8 Å². The zero-order valence-corrected chi connectivity index (χ0v) is 23.3. The Bertz CT molecular complexity index is 1400. The predicted octanol–water partition coefficient (Wildman–Crippen LogP) is 7.08. The first kappa shape index (κ1) is 26.4. The largest absolute Gasteiger partial charge is 0.366 e. The van der Waals surface area contributed by atoms with Gasteiger partial charge in [0.15, 0.2) is 0 Å². The highest BCUT2D eigenvalue weighted by molar-refractivity contribution is 6.46. The number of fused-ring (bicyclic) bond motifs is 1. The Hall–Kier alpha value is -4.19. The summed E-state index contributed by atoms with van der Waals surface area (Å²) in [5.74, 6) is -0.925. The molecular weight excluding hydrogens is 486 g/mol. The van der Waals surface area contributed by atoms with Crippen LogP contribution >= 0.6 is 0 Å². The van der Waals surface area contributed by atoms with Gasteiger partial charge in [0.2, 0.25) is 0 Å². The third kappa shape index (κ3) is 4.65. The molecule has 2 aliphatic heterocycles. The van der Waals surface area contributed by atoms with Crippen molar-refractivity contribution < 1.29 is 14.4 Å². The smallest absolute Gasteiger partial charge is 0.343 e. The molecule has 1 unspecified atom stereocenters. The van der Waals surface area contributed by atoms with Gasteiger partial charge in [0.1, 0.15) is 5.57 Å². The third-order valence-electron chi connectivity index (χ3n) is 7.80. The van der Waals surface area contributed by atoms with Gasteiger partial charge < -0.3 is 4.90 Å². The number of imide groups is 2. The molecule has 1 saturated heterocycles. The fourth-order valence-electron chi connectivity index (χ4n) is 5.95. The van der Waals surface area contributed by atoms with E-state index >= 15 is 0 Å². The number of aryl methyl sites for hydroxylation is 1. The summed E-state index contributed by atoms with van der Waals surface area (Å²) in [5, 5.41) is 0. The molecule has 1 atom stereocenters. The van der Waals surface area contributed by atoms with Crippen molar-refractivity contribution in [2.45, 2.75) is 58.9 Å². The van der Waals surface area contributed by atoms with Crippen molar-refractivity contribution in [3.8, 4) is 0 Å². The molecule has 0 aromatic heterocycles. The Balaban J connectivity index is 1.65. The van der Waals surface area contributed by atoms with Crippen molar-refractivity contribution in [1.29, 1.82) is 0 Å². The molecule has 0 aliphatic carbocycles. The van der Waals surface area contributed by atoms with Crippen molar-refractivity contribution in [3.05, 3.63) is 95.1 Å². The maximum atomic E-state index is 13.8. The van der Waals surface area contributed by atoms with E-state index in [0.717, 1.165) is 40.3 Å². The summed E-state index contributed by atoms with van der Waals surface area (Å²) in [4.78, 5) is 45.8. The average molecular weight is 522 g/mol. The van der Waals surface area contributed by atoms with Gasteiger partial charge in [-0.2, -0.15) is 0 Å². The number of anilines is 3. The summed E-state index contributed by atoms with van der Waals surface area (Å²) in [6, 6.07) is 21.1. The molecule has 6 heteroatoms. The van der Waals surface area contributed by atoms with Crippen LogP contribution < -0.4 is 14.7 Å². The van der Waals surface area contributed by atoms with E-state index in [0.29, 0.717) is 17.3 Å². The minimum atomic E-state index is -0.687. The maximum absolute atomic E-state index is 13.8. The molecule has 0 radical (unpaired) electrons. The molecule has 39 heavy (non-hydrogen) atoms. The van der Waals surface area contributed by atoms with E-state index in [2.05, 4.69) is 44.7 Å². The van der Waals surface area contributed by atoms with Crippen LogP contribution in [0.15, 0.2) is 78.4 Å². The van der Waals surface area contributed by atoms with Gasteiger partial charge in [-0.05, 0) is 98.7 Å². The van der Waals surface area contributed by atoms with Crippen LogP contribution in [0.1, 0.15) is 63.1 Å². The van der Waals surface area contributed by atoms with Gasteiger partial charge in [-0.15, -0.1) is 0 Å². The van der Waals surface area contributed by atoms with Crippen molar-refractivity contribution in [2.24, 2.45) is 0 Å². The fourth-order valence-corrected chi connectivity index (χ4v) is 5.95. The van der Waals surface area contributed by atoms with Gasteiger partial charge in [-0.3, -0.25) is 9.59 Å². The Morgan fingerprint density at radius 1 is 0.872 bits per heavy atom. The van der Waals surface area contributed by atoms with Crippen molar-refractivity contribution in [2.75, 3.05) is 21.2 Å². The Morgan fingerprint density at radius 2 is 1.41 bits per heavy atom. The standard InChI is InChI=1S/C33H35N3O3/c1-6-17-34-29-18-22(2)24(19-27(29)23(3)21-33(34,4)5)20-28-30(37)35(25-13-9-7-10-14-25)32(39)36(31(28)38)26-15-11-8-12-16-26/h7-16,18-20,23H,6,17,21H2,1-5H3. The van der Waals surface area contributed by atoms with Gasteiger partial charge in [-0.1, -0.05) is 50.2 Å². The highest BCUT2D eigenvalue weighted by atomic mass is 16.2. The number of rotatable bonds is 5. The van der Waals surface area contributed by atoms with Crippen LogP contribution in [0.4, 0.5) is 21.9 Å². The number of carbonyl (C=O) groups excluding carboxylic acids is 3. The first-order chi connectivity index (χ1) is 18.6. The number of hydrogen-bond donors (Lipinski definition) is 0. The van der Waals surface area contributed by atoms with Crippen molar-refractivity contribution in [1.82, 2.24) is 0 Å². The van der Waals surface area contributed by atoms with E-state index in [1.807, 2.05) is 19.1 Å². The van der Waals surface area contributed by atoms with Crippen LogP contribution in [0, 0.1) is 6.92 Å². The topological polar surface area (TPSA) is 60.9 Å². The predicted molar refractivity (Wildman–Crippen MR) is 157 cm³/mol. The van der Waals surface area contributed by atoms with E-state index in [4.69, 9.17) is 0 Å². The van der Waals surface area contributed by atoms with E-state index in [9.17, 15) is 14.4 Å². The van der Waals surface area contributed by atoms with E-state index in [1.54, 1.807) is 54.6 Å². The molecule has 1 fully saturated rings. The molecular formula is C33H35N3O3. The lowest BCUT2D eigenvalue weighted by Crippen LogP contribution is -2.57. The second-order valence-electron chi connectivity index (χ2n) is 11.1. The van der Waals surface area contributed by atoms with Crippen LogP contribution in [0.2, 0.25) is 0 Å². The Kier molecular flexibility index (Phi) is 6.89.